The van der Waals surface area contributed by atoms with Crippen molar-refractivity contribution in [2.45, 2.75) is 19.4 Å². The van der Waals surface area contributed by atoms with Crippen LogP contribution in [0.25, 0.3) is 0 Å². The van der Waals surface area contributed by atoms with E-state index in [0.717, 1.165) is 44.1 Å². The Morgan fingerprint density at radius 2 is 1.81 bits per heavy atom. The SMILES string of the molecule is CCc1ccc(C(NCC(=O)Nc2ccc(N3CCOCC3)cc2)c2cccs2)cc1. The van der Waals surface area contributed by atoms with Crippen LogP contribution in [0.4, 0.5) is 11.4 Å². The fourth-order valence-corrected chi connectivity index (χ4v) is 4.59. The fraction of sp³-hybridized carbons (Fsp3) is 0.320. The number of morpholine rings is 1. The third kappa shape index (κ3) is 5.73. The van der Waals surface area contributed by atoms with Crippen LogP contribution in [0.3, 0.4) is 0 Å². The predicted octanol–water partition coefficient (Wildman–Crippen LogP) is 4.46. The number of thiophene rings is 1. The molecule has 1 fully saturated rings. The highest BCUT2D eigenvalue weighted by molar-refractivity contribution is 7.10. The first-order valence-corrected chi connectivity index (χ1v) is 11.7. The summed E-state index contributed by atoms with van der Waals surface area (Å²) in [5, 5.41) is 8.51. The second-order valence-electron chi connectivity index (χ2n) is 7.62. The van der Waals surface area contributed by atoms with Crippen LogP contribution in [0.5, 0.6) is 0 Å². The number of amides is 1. The minimum Gasteiger partial charge on any atom is -0.378 e. The minimum absolute atomic E-state index is 0.000326. The van der Waals surface area contributed by atoms with Gasteiger partial charge in [-0.05, 0) is 53.3 Å². The maximum Gasteiger partial charge on any atom is 0.238 e. The molecule has 1 aromatic heterocycles. The number of hydrogen-bond donors (Lipinski definition) is 2. The molecule has 6 heteroatoms. The van der Waals surface area contributed by atoms with Crippen molar-refractivity contribution in [2.75, 3.05) is 43.1 Å². The average molecular weight is 436 g/mol. The zero-order valence-corrected chi connectivity index (χ0v) is 18.7. The molecule has 1 amide bonds. The highest BCUT2D eigenvalue weighted by Gasteiger charge is 2.16. The maximum absolute atomic E-state index is 12.6. The van der Waals surface area contributed by atoms with E-state index in [1.165, 1.54) is 16.0 Å². The quantitative estimate of drug-likeness (QED) is 0.548. The van der Waals surface area contributed by atoms with Gasteiger partial charge in [-0.2, -0.15) is 0 Å². The van der Waals surface area contributed by atoms with E-state index in [1.54, 1.807) is 11.3 Å². The van der Waals surface area contributed by atoms with Crippen molar-refractivity contribution in [2.24, 2.45) is 0 Å². The van der Waals surface area contributed by atoms with Gasteiger partial charge in [-0.15, -0.1) is 11.3 Å². The van der Waals surface area contributed by atoms with Gasteiger partial charge in [0.05, 0.1) is 25.8 Å². The van der Waals surface area contributed by atoms with Crippen molar-refractivity contribution in [3.8, 4) is 0 Å². The lowest BCUT2D eigenvalue weighted by molar-refractivity contribution is -0.115. The van der Waals surface area contributed by atoms with Crippen molar-refractivity contribution in [1.29, 1.82) is 0 Å². The molecule has 3 aromatic rings. The molecule has 0 radical (unpaired) electrons. The van der Waals surface area contributed by atoms with E-state index >= 15 is 0 Å². The second-order valence-corrected chi connectivity index (χ2v) is 8.60. The standard InChI is InChI=1S/C25H29N3O2S/c1-2-19-5-7-20(8-6-19)25(23-4-3-17-31-23)26-18-24(29)27-21-9-11-22(12-10-21)28-13-15-30-16-14-28/h3-12,17,25-26H,2,13-16,18H2,1H3,(H,27,29). The van der Waals surface area contributed by atoms with Gasteiger partial charge in [0.2, 0.25) is 5.91 Å². The van der Waals surface area contributed by atoms with Crippen LogP contribution in [0.15, 0.2) is 66.0 Å². The second kappa shape index (κ2) is 10.6. The van der Waals surface area contributed by atoms with Crippen LogP contribution < -0.4 is 15.5 Å². The summed E-state index contributed by atoms with van der Waals surface area (Å²) in [4.78, 5) is 16.1. The first-order valence-electron chi connectivity index (χ1n) is 10.8. The number of nitrogens with zero attached hydrogens (tertiary/aromatic N) is 1. The maximum atomic E-state index is 12.6. The predicted molar refractivity (Wildman–Crippen MR) is 128 cm³/mol. The summed E-state index contributed by atoms with van der Waals surface area (Å²) < 4.78 is 5.41. The number of hydrogen-bond acceptors (Lipinski definition) is 5. The Labute approximate surface area is 188 Å². The van der Waals surface area contributed by atoms with E-state index in [-0.39, 0.29) is 18.5 Å². The molecule has 1 unspecified atom stereocenters. The molecule has 1 saturated heterocycles. The molecule has 1 aliphatic heterocycles. The van der Waals surface area contributed by atoms with Gasteiger partial charge in [-0.25, -0.2) is 0 Å². The molecule has 0 bridgehead atoms. The van der Waals surface area contributed by atoms with Crippen molar-refractivity contribution < 1.29 is 9.53 Å². The zero-order chi connectivity index (χ0) is 21.5. The van der Waals surface area contributed by atoms with E-state index in [9.17, 15) is 4.79 Å². The Balaban J connectivity index is 1.36. The van der Waals surface area contributed by atoms with Crippen LogP contribution in [-0.2, 0) is 16.0 Å². The fourth-order valence-electron chi connectivity index (χ4n) is 3.76. The first kappa shape index (κ1) is 21.6. The summed E-state index contributed by atoms with van der Waals surface area (Å²) in [6.07, 6.45) is 1.02. The summed E-state index contributed by atoms with van der Waals surface area (Å²) in [6, 6.07) is 20.8. The van der Waals surface area contributed by atoms with E-state index in [4.69, 9.17) is 4.74 Å². The van der Waals surface area contributed by atoms with Crippen molar-refractivity contribution in [3.63, 3.8) is 0 Å². The van der Waals surface area contributed by atoms with Crippen molar-refractivity contribution in [1.82, 2.24) is 5.32 Å². The van der Waals surface area contributed by atoms with Gasteiger partial charge in [0, 0.05) is 29.3 Å². The number of carbonyl (C=O) groups excluding carboxylic acids is 1. The highest BCUT2D eigenvalue weighted by Crippen LogP contribution is 2.26. The van der Waals surface area contributed by atoms with Crippen molar-refractivity contribution in [3.05, 3.63) is 82.0 Å². The number of anilines is 2. The van der Waals surface area contributed by atoms with Gasteiger partial charge >= 0.3 is 0 Å². The molecule has 4 rings (SSSR count). The topological polar surface area (TPSA) is 53.6 Å². The van der Waals surface area contributed by atoms with Gasteiger partial charge in [-0.3, -0.25) is 10.1 Å². The molecule has 31 heavy (non-hydrogen) atoms. The van der Waals surface area contributed by atoms with Crippen LogP contribution in [0.1, 0.15) is 29.0 Å². The van der Waals surface area contributed by atoms with E-state index < -0.39 is 0 Å². The molecule has 0 saturated carbocycles. The molecule has 162 valence electrons. The lowest BCUT2D eigenvalue weighted by Gasteiger charge is -2.28. The summed E-state index contributed by atoms with van der Waals surface area (Å²) >= 11 is 1.70. The Bertz CT molecular complexity index is 949. The van der Waals surface area contributed by atoms with Gasteiger partial charge in [0.1, 0.15) is 0 Å². The van der Waals surface area contributed by atoms with Gasteiger partial charge < -0.3 is 15.0 Å². The van der Waals surface area contributed by atoms with Crippen LogP contribution in [0, 0.1) is 0 Å². The minimum atomic E-state index is -0.0501. The molecule has 1 aliphatic rings. The Morgan fingerprint density at radius 1 is 1.06 bits per heavy atom. The van der Waals surface area contributed by atoms with Crippen LogP contribution in [0.2, 0.25) is 0 Å². The molecular weight excluding hydrogens is 406 g/mol. The van der Waals surface area contributed by atoms with Gasteiger partial charge in [0.15, 0.2) is 0 Å². The summed E-state index contributed by atoms with van der Waals surface area (Å²) in [5.74, 6) is -0.0501. The first-order chi connectivity index (χ1) is 15.2. The molecular formula is C25H29N3O2S. The molecule has 1 atom stereocenters. The normalized spacial score (nSPS) is 14.9. The average Bonchev–Trinajstić information content (AvgIpc) is 3.35. The zero-order valence-electron chi connectivity index (χ0n) is 17.8. The summed E-state index contributed by atoms with van der Waals surface area (Å²) in [6.45, 7) is 5.72. The molecule has 2 heterocycles. The van der Waals surface area contributed by atoms with Gasteiger partial charge in [-0.1, -0.05) is 37.3 Å². The van der Waals surface area contributed by atoms with E-state index in [1.807, 2.05) is 18.2 Å². The van der Waals surface area contributed by atoms with E-state index in [0.29, 0.717) is 0 Å². The van der Waals surface area contributed by atoms with Crippen LogP contribution >= 0.6 is 11.3 Å². The third-order valence-corrected chi connectivity index (χ3v) is 6.48. The number of benzene rings is 2. The lowest BCUT2D eigenvalue weighted by atomic mass is 10.0. The smallest absolute Gasteiger partial charge is 0.238 e. The highest BCUT2D eigenvalue weighted by atomic mass is 32.1. The molecule has 0 spiro atoms. The number of ether oxygens (including phenoxy) is 1. The Morgan fingerprint density at radius 3 is 2.45 bits per heavy atom. The Kier molecular flexibility index (Phi) is 7.35. The Hall–Kier alpha value is -2.67. The lowest BCUT2D eigenvalue weighted by Crippen LogP contribution is -2.36. The van der Waals surface area contributed by atoms with Crippen molar-refractivity contribution >= 4 is 28.6 Å². The molecule has 0 aliphatic carbocycles. The molecule has 5 nitrogen and oxygen atoms in total. The number of aryl methyl sites for hydroxylation is 1. The molecule has 2 N–H and O–H groups in total. The van der Waals surface area contributed by atoms with Crippen LogP contribution in [-0.4, -0.2) is 38.8 Å². The monoisotopic (exact) mass is 435 g/mol. The summed E-state index contributed by atoms with van der Waals surface area (Å²) in [5.41, 5.74) is 4.45. The third-order valence-electron chi connectivity index (χ3n) is 5.54. The van der Waals surface area contributed by atoms with Gasteiger partial charge in [0.25, 0.3) is 0 Å². The number of carbonyl (C=O) groups is 1. The van der Waals surface area contributed by atoms with E-state index in [2.05, 4.69) is 70.3 Å². The number of nitrogens with one attached hydrogen (secondary N) is 2. The largest absolute Gasteiger partial charge is 0.378 e. The summed E-state index contributed by atoms with van der Waals surface area (Å²) in [7, 11) is 0. The molecule has 2 aromatic carbocycles. The number of rotatable bonds is 8.